The zero-order chi connectivity index (χ0) is 28.9. The summed E-state index contributed by atoms with van der Waals surface area (Å²) in [5, 5.41) is 3.08. The highest BCUT2D eigenvalue weighted by molar-refractivity contribution is 7.92. The maximum absolute atomic E-state index is 13.3. The van der Waals surface area contributed by atoms with E-state index in [-0.39, 0.29) is 39.7 Å². The van der Waals surface area contributed by atoms with Crippen molar-refractivity contribution in [2.45, 2.75) is 17.5 Å². The zero-order valence-electron chi connectivity index (χ0n) is 20.5. The Morgan fingerprint density at radius 3 is 2.25 bits per heavy atom. The highest BCUT2D eigenvalue weighted by Gasteiger charge is 2.32. The SMILES string of the molecule is O=C(NCCc1ccccc1C(F)(F)F)c1cc(Cl)ccc1NS(=O)(=O)c1ccc(Oc2ccccc2Cl)cc1. The lowest BCUT2D eigenvalue weighted by Crippen LogP contribution is -2.27. The number of anilines is 1. The van der Waals surface area contributed by atoms with Gasteiger partial charge in [0.25, 0.3) is 15.9 Å². The van der Waals surface area contributed by atoms with E-state index in [9.17, 15) is 26.4 Å². The third-order valence-electron chi connectivity index (χ3n) is 5.67. The molecule has 2 N–H and O–H groups in total. The van der Waals surface area contributed by atoms with Crippen LogP contribution >= 0.6 is 23.2 Å². The van der Waals surface area contributed by atoms with Gasteiger partial charge in [0.05, 0.1) is 26.7 Å². The third-order valence-corrected chi connectivity index (χ3v) is 7.60. The van der Waals surface area contributed by atoms with Gasteiger partial charge in [0.2, 0.25) is 0 Å². The van der Waals surface area contributed by atoms with Crippen molar-refractivity contribution in [3.8, 4) is 11.5 Å². The number of carbonyl (C=O) groups is 1. The molecule has 0 saturated heterocycles. The number of rotatable bonds is 9. The molecule has 4 aromatic rings. The number of halogens is 5. The number of nitrogens with one attached hydrogen (secondary N) is 2. The van der Waals surface area contributed by atoms with E-state index in [4.69, 9.17) is 27.9 Å². The van der Waals surface area contributed by atoms with Gasteiger partial charge in [0.1, 0.15) is 11.5 Å². The number of ether oxygens (including phenoxy) is 1. The molecule has 4 rings (SSSR count). The molecule has 0 spiro atoms. The minimum Gasteiger partial charge on any atom is -0.456 e. The van der Waals surface area contributed by atoms with E-state index in [0.717, 1.165) is 6.07 Å². The van der Waals surface area contributed by atoms with Crippen LogP contribution in [-0.4, -0.2) is 20.9 Å². The quantitative estimate of drug-likeness (QED) is 0.205. The summed E-state index contributed by atoms with van der Waals surface area (Å²) in [5.41, 5.74) is -0.930. The van der Waals surface area contributed by atoms with E-state index in [1.54, 1.807) is 24.3 Å². The summed E-state index contributed by atoms with van der Waals surface area (Å²) in [4.78, 5) is 12.8. The number of hydrogen-bond acceptors (Lipinski definition) is 4. The van der Waals surface area contributed by atoms with Gasteiger partial charge in [-0.15, -0.1) is 0 Å². The van der Waals surface area contributed by atoms with Gasteiger partial charge in [-0.05, 0) is 72.6 Å². The highest BCUT2D eigenvalue weighted by Crippen LogP contribution is 2.32. The second-order valence-electron chi connectivity index (χ2n) is 8.46. The molecule has 0 heterocycles. The summed E-state index contributed by atoms with van der Waals surface area (Å²) in [7, 11) is -4.15. The van der Waals surface area contributed by atoms with Crippen molar-refractivity contribution in [2.75, 3.05) is 11.3 Å². The first-order chi connectivity index (χ1) is 18.9. The molecule has 1 amide bonds. The molecule has 0 aliphatic carbocycles. The number of para-hydroxylation sites is 1. The average molecular weight is 609 g/mol. The number of sulfonamides is 1. The van der Waals surface area contributed by atoms with Crippen molar-refractivity contribution in [2.24, 2.45) is 0 Å². The van der Waals surface area contributed by atoms with Crippen molar-refractivity contribution in [3.63, 3.8) is 0 Å². The fourth-order valence-corrected chi connectivity index (χ4v) is 5.19. The summed E-state index contributed by atoms with van der Waals surface area (Å²) in [5.74, 6) is 0.0375. The van der Waals surface area contributed by atoms with Crippen LogP contribution in [-0.2, 0) is 22.6 Å². The summed E-state index contributed by atoms with van der Waals surface area (Å²) >= 11 is 12.1. The smallest absolute Gasteiger partial charge is 0.416 e. The standard InChI is InChI=1S/C28H21Cl2F3N2O4S/c29-19-9-14-25(22(17-19)27(36)34-16-15-18-5-1-2-6-23(18)28(31,32)33)35-40(37,38)21-12-10-20(11-13-21)39-26-8-4-3-7-24(26)30/h1-14,17,35H,15-16H2,(H,34,36). The Labute approximate surface area is 238 Å². The molecule has 6 nitrogen and oxygen atoms in total. The highest BCUT2D eigenvalue weighted by atomic mass is 35.5. The predicted octanol–water partition coefficient (Wildman–Crippen LogP) is 7.58. The molecule has 208 valence electrons. The first kappa shape index (κ1) is 29.3. The average Bonchev–Trinajstić information content (AvgIpc) is 2.91. The second-order valence-corrected chi connectivity index (χ2v) is 11.0. The van der Waals surface area contributed by atoms with Crippen LogP contribution in [0.25, 0.3) is 0 Å². The second kappa shape index (κ2) is 12.2. The van der Waals surface area contributed by atoms with Gasteiger partial charge in [-0.1, -0.05) is 53.5 Å². The van der Waals surface area contributed by atoms with Gasteiger partial charge in [-0.2, -0.15) is 13.2 Å². The fourth-order valence-electron chi connectivity index (χ4n) is 3.76. The fraction of sp³-hybridized carbons (Fsp3) is 0.107. The van der Waals surface area contributed by atoms with Crippen LogP contribution in [0.3, 0.4) is 0 Å². The van der Waals surface area contributed by atoms with E-state index < -0.39 is 27.7 Å². The molecule has 40 heavy (non-hydrogen) atoms. The molecule has 0 atom stereocenters. The van der Waals surface area contributed by atoms with E-state index in [1.165, 1.54) is 60.7 Å². The third kappa shape index (κ3) is 7.26. The molecular weight excluding hydrogens is 588 g/mol. The van der Waals surface area contributed by atoms with Gasteiger partial charge in [-0.3, -0.25) is 9.52 Å². The molecule has 0 aliphatic rings. The van der Waals surface area contributed by atoms with Crippen molar-refractivity contribution in [1.29, 1.82) is 0 Å². The van der Waals surface area contributed by atoms with Crippen molar-refractivity contribution in [1.82, 2.24) is 5.32 Å². The van der Waals surface area contributed by atoms with E-state index in [1.807, 2.05) is 0 Å². The van der Waals surface area contributed by atoms with E-state index >= 15 is 0 Å². The Bertz CT molecular complexity index is 1630. The minimum atomic E-state index is -4.53. The number of amides is 1. The van der Waals surface area contributed by atoms with Gasteiger partial charge in [0, 0.05) is 11.6 Å². The first-order valence-corrected chi connectivity index (χ1v) is 14.0. The van der Waals surface area contributed by atoms with E-state index in [2.05, 4.69) is 10.0 Å². The van der Waals surface area contributed by atoms with Crippen LogP contribution in [0.5, 0.6) is 11.5 Å². The molecule has 0 saturated carbocycles. The van der Waals surface area contributed by atoms with Gasteiger partial charge < -0.3 is 10.1 Å². The Kier molecular flexibility index (Phi) is 8.92. The van der Waals surface area contributed by atoms with Gasteiger partial charge in [-0.25, -0.2) is 8.42 Å². The Balaban J connectivity index is 1.47. The maximum atomic E-state index is 13.3. The molecular formula is C28H21Cl2F3N2O4S. The molecule has 0 unspecified atom stereocenters. The molecule has 4 aromatic carbocycles. The van der Waals surface area contributed by atoms with Crippen LogP contribution in [0.1, 0.15) is 21.5 Å². The van der Waals surface area contributed by atoms with Crippen molar-refractivity contribution >= 4 is 44.8 Å². The number of carbonyl (C=O) groups excluding carboxylic acids is 1. The van der Waals surface area contributed by atoms with Gasteiger partial charge >= 0.3 is 6.18 Å². The van der Waals surface area contributed by atoms with Crippen LogP contribution < -0.4 is 14.8 Å². The lowest BCUT2D eigenvalue weighted by atomic mass is 10.0. The summed E-state index contributed by atoms with van der Waals surface area (Å²) in [6, 6.07) is 21.4. The van der Waals surface area contributed by atoms with Crippen LogP contribution in [0.2, 0.25) is 10.0 Å². The van der Waals surface area contributed by atoms with E-state index in [0.29, 0.717) is 16.5 Å². The lowest BCUT2D eigenvalue weighted by Gasteiger charge is -2.15. The predicted molar refractivity (Wildman–Crippen MR) is 148 cm³/mol. The normalized spacial score (nSPS) is 11.6. The Morgan fingerprint density at radius 2 is 1.55 bits per heavy atom. The molecule has 0 fully saturated rings. The maximum Gasteiger partial charge on any atom is 0.416 e. The molecule has 0 radical (unpaired) electrons. The Morgan fingerprint density at radius 1 is 0.875 bits per heavy atom. The number of benzene rings is 4. The number of hydrogen-bond donors (Lipinski definition) is 2. The molecule has 0 aliphatic heterocycles. The summed E-state index contributed by atoms with van der Waals surface area (Å²) in [6.07, 6.45) is -4.62. The topological polar surface area (TPSA) is 84.5 Å². The van der Waals surface area contributed by atoms with Crippen molar-refractivity contribution in [3.05, 3.63) is 118 Å². The lowest BCUT2D eigenvalue weighted by molar-refractivity contribution is -0.138. The van der Waals surface area contributed by atoms with Crippen LogP contribution in [0, 0.1) is 0 Å². The van der Waals surface area contributed by atoms with Crippen LogP contribution in [0.4, 0.5) is 18.9 Å². The summed E-state index contributed by atoms with van der Waals surface area (Å²) in [6.45, 7) is -0.127. The monoisotopic (exact) mass is 608 g/mol. The Hall–Kier alpha value is -3.73. The van der Waals surface area contributed by atoms with Crippen molar-refractivity contribution < 1.29 is 31.1 Å². The van der Waals surface area contributed by atoms with Crippen LogP contribution in [0.15, 0.2) is 95.9 Å². The molecule has 0 aromatic heterocycles. The zero-order valence-corrected chi connectivity index (χ0v) is 22.8. The number of alkyl halides is 3. The van der Waals surface area contributed by atoms with Gasteiger partial charge in [0.15, 0.2) is 0 Å². The molecule has 0 bridgehead atoms. The molecule has 12 heteroatoms. The largest absolute Gasteiger partial charge is 0.456 e. The minimum absolute atomic E-state index is 0.0179. The summed E-state index contributed by atoms with van der Waals surface area (Å²) < 4.78 is 73.9. The first-order valence-electron chi connectivity index (χ1n) is 11.7.